The first-order valence-electron chi connectivity index (χ1n) is 5.79. The number of aromatic nitrogens is 1. The number of carbonyl (C=O) groups is 1. The summed E-state index contributed by atoms with van der Waals surface area (Å²) < 4.78 is 1.31. The van der Waals surface area contributed by atoms with Gasteiger partial charge >= 0.3 is 0 Å². The topological polar surface area (TPSA) is 77.1 Å². The van der Waals surface area contributed by atoms with Crippen molar-refractivity contribution >= 4 is 11.6 Å². The van der Waals surface area contributed by atoms with Crippen LogP contribution in [-0.2, 0) is 11.3 Å². The van der Waals surface area contributed by atoms with E-state index in [1.54, 1.807) is 12.3 Å². The molecule has 0 bridgehead atoms. The molecule has 1 rings (SSSR count). The van der Waals surface area contributed by atoms with E-state index in [4.69, 9.17) is 5.73 Å². The SMILES string of the molecule is CCCC(C)NC(=O)Cn1cccc(N)c1=O. The van der Waals surface area contributed by atoms with Crippen molar-refractivity contribution in [2.24, 2.45) is 0 Å². The molecule has 1 atom stereocenters. The van der Waals surface area contributed by atoms with E-state index in [1.165, 1.54) is 10.6 Å². The summed E-state index contributed by atoms with van der Waals surface area (Å²) in [4.78, 5) is 23.2. The predicted molar refractivity (Wildman–Crippen MR) is 67.6 cm³/mol. The van der Waals surface area contributed by atoms with Gasteiger partial charge in [0.05, 0.1) is 5.69 Å². The number of anilines is 1. The third kappa shape index (κ3) is 3.94. The Morgan fingerprint density at radius 3 is 2.94 bits per heavy atom. The summed E-state index contributed by atoms with van der Waals surface area (Å²) in [6, 6.07) is 3.31. The smallest absolute Gasteiger partial charge is 0.274 e. The fourth-order valence-electron chi connectivity index (χ4n) is 1.66. The molecule has 0 spiro atoms. The van der Waals surface area contributed by atoms with Crippen molar-refractivity contribution in [2.75, 3.05) is 5.73 Å². The van der Waals surface area contributed by atoms with Crippen LogP contribution in [0.15, 0.2) is 23.1 Å². The molecule has 1 amide bonds. The standard InChI is InChI=1S/C12H19N3O2/c1-3-5-9(2)14-11(16)8-15-7-4-6-10(13)12(15)17/h4,6-7,9H,3,5,8,13H2,1-2H3,(H,14,16). The maximum atomic E-state index is 11.6. The van der Waals surface area contributed by atoms with Gasteiger partial charge in [-0.2, -0.15) is 0 Å². The van der Waals surface area contributed by atoms with Crippen LogP contribution >= 0.6 is 0 Å². The zero-order chi connectivity index (χ0) is 12.8. The number of hydrogen-bond acceptors (Lipinski definition) is 3. The highest BCUT2D eigenvalue weighted by Gasteiger charge is 2.08. The Labute approximate surface area is 101 Å². The van der Waals surface area contributed by atoms with Crippen LogP contribution in [0.5, 0.6) is 0 Å². The number of nitrogens with one attached hydrogen (secondary N) is 1. The maximum Gasteiger partial charge on any atom is 0.274 e. The molecule has 1 heterocycles. The summed E-state index contributed by atoms with van der Waals surface area (Å²) in [6.07, 6.45) is 3.50. The van der Waals surface area contributed by atoms with Gasteiger partial charge in [-0.15, -0.1) is 0 Å². The van der Waals surface area contributed by atoms with Crippen molar-refractivity contribution in [3.63, 3.8) is 0 Å². The molecule has 0 aliphatic heterocycles. The highest BCUT2D eigenvalue weighted by Crippen LogP contribution is 1.96. The van der Waals surface area contributed by atoms with Gasteiger partial charge in [-0.05, 0) is 25.5 Å². The van der Waals surface area contributed by atoms with Crippen molar-refractivity contribution < 1.29 is 4.79 Å². The number of amides is 1. The van der Waals surface area contributed by atoms with E-state index in [2.05, 4.69) is 12.2 Å². The lowest BCUT2D eigenvalue weighted by molar-refractivity contribution is -0.122. The number of hydrogen-bond donors (Lipinski definition) is 2. The van der Waals surface area contributed by atoms with Crippen LogP contribution in [0.3, 0.4) is 0 Å². The summed E-state index contributed by atoms with van der Waals surface area (Å²) >= 11 is 0. The molecular formula is C12H19N3O2. The molecule has 0 aliphatic rings. The fourth-order valence-corrected chi connectivity index (χ4v) is 1.66. The number of pyridine rings is 1. The average molecular weight is 237 g/mol. The Morgan fingerprint density at radius 1 is 1.59 bits per heavy atom. The zero-order valence-electron chi connectivity index (χ0n) is 10.3. The minimum Gasteiger partial charge on any atom is -0.394 e. The van der Waals surface area contributed by atoms with E-state index >= 15 is 0 Å². The maximum absolute atomic E-state index is 11.6. The molecule has 0 aromatic carbocycles. The zero-order valence-corrected chi connectivity index (χ0v) is 10.3. The number of rotatable bonds is 5. The molecule has 0 radical (unpaired) electrons. The predicted octanol–water partition coefficient (Wildman–Crippen LogP) is 0.735. The normalized spacial score (nSPS) is 12.1. The molecule has 5 nitrogen and oxygen atoms in total. The summed E-state index contributed by atoms with van der Waals surface area (Å²) in [6.45, 7) is 4.02. The Bertz CT molecular complexity index is 440. The van der Waals surface area contributed by atoms with Crippen molar-refractivity contribution in [2.45, 2.75) is 39.3 Å². The first-order valence-corrected chi connectivity index (χ1v) is 5.79. The summed E-state index contributed by atoms with van der Waals surface area (Å²) in [5, 5.41) is 2.84. The Morgan fingerprint density at radius 2 is 2.29 bits per heavy atom. The Balaban J connectivity index is 2.62. The molecule has 94 valence electrons. The van der Waals surface area contributed by atoms with Crippen LogP contribution in [0.25, 0.3) is 0 Å². The number of nitrogens with zero attached hydrogens (tertiary/aromatic N) is 1. The summed E-state index contributed by atoms with van der Waals surface area (Å²) in [5.41, 5.74) is 5.31. The molecule has 17 heavy (non-hydrogen) atoms. The number of carbonyl (C=O) groups excluding carboxylic acids is 1. The molecule has 0 fully saturated rings. The lowest BCUT2D eigenvalue weighted by Gasteiger charge is -2.13. The molecule has 0 saturated carbocycles. The van der Waals surface area contributed by atoms with Crippen LogP contribution in [0, 0.1) is 0 Å². The average Bonchev–Trinajstić information content (AvgIpc) is 2.25. The monoisotopic (exact) mass is 237 g/mol. The molecule has 3 N–H and O–H groups in total. The first-order chi connectivity index (χ1) is 8.04. The van der Waals surface area contributed by atoms with E-state index in [0.717, 1.165) is 12.8 Å². The number of nitrogen functional groups attached to an aromatic ring is 1. The van der Waals surface area contributed by atoms with Gasteiger partial charge in [-0.3, -0.25) is 9.59 Å². The van der Waals surface area contributed by atoms with Crippen molar-refractivity contribution in [3.8, 4) is 0 Å². The first kappa shape index (κ1) is 13.3. The molecule has 5 heteroatoms. The molecule has 1 aromatic rings. The lowest BCUT2D eigenvalue weighted by Crippen LogP contribution is -2.37. The third-order valence-corrected chi connectivity index (χ3v) is 2.49. The van der Waals surface area contributed by atoms with Gasteiger partial charge in [-0.1, -0.05) is 13.3 Å². The second-order valence-electron chi connectivity index (χ2n) is 4.15. The second kappa shape index (κ2) is 6.08. The quantitative estimate of drug-likeness (QED) is 0.792. The van der Waals surface area contributed by atoms with Crippen LogP contribution in [0.1, 0.15) is 26.7 Å². The van der Waals surface area contributed by atoms with Crippen molar-refractivity contribution in [1.29, 1.82) is 0 Å². The third-order valence-electron chi connectivity index (χ3n) is 2.49. The molecule has 0 saturated heterocycles. The number of nitrogens with two attached hydrogens (primary N) is 1. The van der Waals surface area contributed by atoms with Crippen molar-refractivity contribution in [3.05, 3.63) is 28.7 Å². The van der Waals surface area contributed by atoms with Gasteiger partial charge < -0.3 is 15.6 Å². The van der Waals surface area contributed by atoms with Crippen LogP contribution in [0.2, 0.25) is 0 Å². The van der Waals surface area contributed by atoms with Crippen LogP contribution in [0.4, 0.5) is 5.69 Å². The van der Waals surface area contributed by atoms with E-state index < -0.39 is 0 Å². The summed E-state index contributed by atoms with van der Waals surface area (Å²) in [7, 11) is 0. The highest BCUT2D eigenvalue weighted by atomic mass is 16.2. The Hall–Kier alpha value is -1.78. The van der Waals surface area contributed by atoms with Gasteiger partial charge in [-0.25, -0.2) is 0 Å². The minimum atomic E-state index is -0.328. The fraction of sp³-hybridized carbons (Fsp3) is 0.500. The minimum absolute atomic E-state index is 0.0118. The molecule has 0 aliphatic carbocycles. The molecule has 1 unspecified atom stereocenters. The van der Waals surface area contributed by atoms with Gasteiger partial charge in [0.25, 0.3) is 5.56 Å². The van der Waals surface area contributed by atoms with Crippen LogP contribution < -0.4 is 16.6 Å². The summed E-state index contributed by atoms with van der Waals surface area (Å²) in [5.74, 6) is -0.168. The Kier molecular flexibility index (Phi) is 4.75. The largest absolute Gasteiger partial charge is 0.394 e. The van der Waals surface area contributed by atoms with Gasteiger partial charge in [0.1, 0.15) is 6.54 Å². The molecule has 1 aromatic heterocycles. The van der Waals surface area contributed by atoms with E-state index in [-0.39, 0.29) is 29.7 Å². The molecular weight excluding hydrogens is 218 g/mol. The van der Waals surface area contributed by atoms with E-state index in [9.17, 15) is 9.59 Å². The highest BCUT2D eigenvalue weighted by molar-refractivity contribution is 5.76. The van der Waals surface area contributed by atoms with E-state index in [1.807, 2.05) is 6.92 Å². The van der Waals surface area contributed by atoms with E-state index in [0.29, 0.717) is 0 Å². The van der Waals surface area contributed by atoms with Gasteiger partial charge in [0.15, 0.2) is 0 Å². The van der Waals surface area contributed by atoms with Gasteiger partial charge in [0.2, 0.25) is 5.91 Å². The van der Waals surface area contributed by atoms with Crippen LogP contribution in [-0.4, -0.2) is 16.5 Å². The lowest BCUT2D eigenvalue weighted by atomic mass is 10.2. The second-order valence-corrected chi connectivity index (χ2v) is 4.15. The van der Waals surface area contributed by atoms with Crippen molar-refractivity contribution in [1.82, 2.24) is 9.88 Å². The van der Waals surface area contributed by atoms with Gasteiger partial charge in [0, 0.05) is 12.2 Å².